The van der Waals surface area contributed by atoms with Gasteiger partial charge in [0, 0.05) is 11.5 Å². The van der Waals surface area contributed by atoms with E-state index in [2.05, 4.69) is 31.2 Å². The highest BCUT2D eigenvalue weighted by atomic mass is 19.1. The summed E-state index contributed by atoms with van der Waals surface area (Å²) in [6.07, 6.45) is 0. The van der Waals surface area contributed by atoms with Crippen molar-refractivity contribution >= 4 is 11.7 Å². The Kier molecular flexibility index (Phi) is 5.78. The molecule has 0 unspecified atom stereocenters. The molecule has 1 amide bonds. The maximum absolute atomic E-state index is 13.0. The van der Waals surface area contributed by atoms with Crippen molar-refractivity contribution in [2.45, 2.75) is 32.7 Å². The number of amides is 1. The Labute approximate surface area is 164 Å². The minimum Gasteiger partial charge on any atom is -0.484 e. The van der Waals surface area contributed by atoms with E-state index in [0.717, 1.165) is 11.3 Å². The molecule has 1 heterocycles. The molecule has 146 valence electrons. The molecule has 0 saturated heterocycles. The van der Waals surface area contributed by atoms with Crippen LogP contribution in [0, 0.1) is 5.82 Å². The van der Waals surface area contributed by atoms with E-state index in [1.54, 1.807) is 4.68 Å². The normalized spacial score (nSPS) is 11.3. The summed E-state index contributed by atoms with van der Waals surface area (Å²) in [5.41, 5.74) is 1.83. The molecule has 0 aliphatic heterocycles. The van der Waals surface area contributed by atoms with Gasteiger partial charge in [0.15, 0.2) is 6.61 Å². The fourth-order valence-corrected chi connectivity index (χ4v) is 2.62. The van der Waals surface area contributed by atoms with Crippen LogP contribution in [0.4, 0.5) is 10.2 Å². The van der Waals surface area contributed by atoms with Gasteiger partial charge in [-0.15, -0.1) is 0 Å². The summed E-state index contributed by atoms with van der Waals surface area (Å²) >= 11 is 0. The number of carbonyl (C=O) groups excluding carboxylic acids is 1. The molecule has 0 radical (unpaired) electrons. The number of benzene rings is 2. The molecule has 1 N–H and O–H groups in total. The van der Waals surface area contributed by atoms with Gasteiger partial charge in [0.05, 0.1) is 12.2 Å². The molecule has 3 aromatic rings. The van der Waals surface area contributed by atoms with Crippen molar-refractivity contribution in [1.82, 2.24) is 9.78 Å². The van der Waals surface area contributed by atoms with Crippen molar-refractivity contribution in [2.24, 2.45) is 0 Å². The first kappa shape index (κ1) is 19.6. The van der Waals surface area contributed by atoms with E-state index in [0.29, 0.717) is 18.1 Å². The second-order valence-corrected chi connectivity index (χ2v) is 7.60. The highest BCUT2D eigenvalue weighted by molar-refractivity contribution is 5.91. The highest BCUT2D eigenvalue weighted by Crippen LogP contribution is 2.24. The molecule has 3 rings (SSSR count). The fourth-order valence-electron chi connectivity index (χ4n) is 2.62. The van der Waals surface area contributed by atoms with E-state index >= 15 is 0 Å². The maximum Gasteiger partial charge on any atom is 0.263 e. The lowest BCUT2D eigenvalue weighted by molar-refractivity contribution is -0.118. The molecule has 0 fully saturated rings. The lowest BCUT2D eigenvalue weighted by atomic mass is 9.92. The summed E-state index contributed by atoms with van der Waals surface area (Å²) in [5.74, 6) is 0.390. The van der Waals surface area contributed by atoms with Crippen molar-refractivity contribution in [1.29, 1.82) is 0 Å². The van der Waals surface area contributed by atoms with Gasteiger partial charge in [-0.1, -0.05) is 51.1 Å². The quantitative estimate of drug-likeness (QED) is 0.689. The first-order valence-corrected chi connectivity index (χ1v) is 9.12. The monoisotopic (exact) mass is 381 g/mol. The lowest BCUT2D eigenvalue weighted by Crippen LogP contribution is -2.22. The Morgan fingerprint density at radius 3 is 2.43 bits per heavy atom. The van der Waals surface area contributed by atoms with Crippen molar-refractivity contribution in [3.8, 4) is 5.75 Å². The number of nitrogens with one attached hydrogen (secondary N) is 1. The molecule has 0 bridgehead atoms. The Hall–Kier alpha value is -3.15. The van der Waals surface area contributed by atoms with Gasteiger partial charge in [-0.3, -0.25) is 4.79 Å². The zero-order valence-electron chi connectivity index (χ0n) is 16.3. The maximum atomic E-state index is 13.0. The summed E-state index contributed by atoms with van der Waals surface area (Å²) in [7, 11) is 0. The second-order valence-electron chi connectivity index (χ2n) is 7.60. The van der Waals surface area contributed by atoms with Crippen molar-refractivity contribution in [3.63, 3.8) is 0 Å². The number of ether oxygens (including phenoxy) is 1. The standard InChI is InChI=1S/C22H24FN3O2/c1-22(2,3)19-13-20(26(25-19)14-16-7-5-4-6-8-16)24-21(27)15-28-18-11-9-17(23)10-12-18/h4-13H,14-15H2,1-3H3,(H,24,27). The number of anilines is 1. The first-order valence-electron chi connectivity index (χ1n) is 9.12. The molecule has 28 heavy (non-hydrogen) atoms. The van der Waals surface area contributed by atoms with Crippen LogP contribution >= 0.6 is 0 Å². The van der Waals surface area contributed by atoms with Gasteiger partial charge >= 0.3 is 0 Å². The molecule has 0 atom stereocenters. The van der Waals surface area contributed by atoms with Gasteiger partial charge in [0.1, 0.15) is 17.4 Å². The second kappa shape index (κ2) is 8.25. The van der Waals surface area contributed by atoms with E-state index < -0.39 is 0 Å². The van der Waals surface area contributed by atoms with Crippen molar-refractivity contribution in [3.05, 3.63) is 77.7 Å². The lowest BCUT2D eigenvalue weighted by Gasteiger charge is -2.14. The molecule has 6 heteroatoms. The third kappa shape index (κ3) is 5.19. The Morgan fingerprint density at radius 2 is 1.79 bits per heavy atom. The molecule has 2 aromatic carbocycles. The van der Waals surface area contributed by atoms with E-state index in [-0.39, 0.29) is 23.7 Å². The van der Waals surface area contributed by atoms with E-state index in [4.69, 9.17) is 4.74 Å². The summed E-state index contributed by atoms with van der Waals surface area (Å²) in [4.78, 5) is 12.4. The smallest absolute Gasteiger partial charge is 0.263 e. The van der Waals surface area contributed by atoms with E-state index in [1.807, 2.05) is 36.4 Å². The minimum atomic E-state index is -0.351. The Bertz CT molecular complexity index is 929. The number of hydrogen-bond acceptors (Lipinski definition) is 3. The van der Waals surface area contributed by atoms with Gasteiger partial charge < -0.3 is 10.1 Å². The summed E-state index contributed by atoms with van der Waals surface area (Å²) in [6, 6.07) is 17.4. The third-order valence-electron chi connectivity index (χ3n) is 4.17. The number of hydrogen-bond donors (Lipinski definition) is 1. The topological polar surface area (TPSA) is 56.1 Å². The van der Waals surface area contributed by atoms with Crippen LogP contribution in [0.1, 0.15) is 32.0 Å². The van der Waals surface area contributed by atoms with Crippen LogP contribution in [-0.4, -0.2) is 22.3 Å². The van der Waals surface area contributed by atoms with Gasteiger partial charge in [-0.25, -0.2) is 9.07 Å². The highest BCUT2D eigenvalue weighted by Gasteiger charge is 2.21. The molecule has 0 aliphatic rings. The molecular weight excluding hydrogens is 357 g/mol. The van der Waals surface area contributed by atoms with Gasteiger partial charge in [-0.05, 0) is 29.8 Å². The molecule has 0 saturated carbocycles. The van der Waals surface area contributed by atoms with Gasteiger partial charge in [-0.2, -0.15) is 5.10 Å². The summed E-state index contributed by atoms with van der Waals surface area (Å²) in [6.45, 7) is 6.60. The van der Waals surface area contributed by atoms with Gasteiger partial charge in [0.25, 0.3) is 5.91 Å². The zero-order chi connectivity index (χ0) is 20.1. The zero-order valence-corrected chi connectivity index (χ0v) is 16.3. The van der Waals surface area contributed by atoms with Crippen LogP contribution in [0.15, 0.2) is 60.7 Å². The van der Waals surface area contributed by atoms with E-state index in [9.17, 15) is 9.18 Å². The summed E-state index contributed by atoms with van der Waals surface area (Å²) in [5, 5.41) is 7.54. The van der Waals surface area contributed by atoms with Crippen molar-refractivity contribution in [2.75, 3.05) is 11.9 Å². The Balaban J connectivity index is 1.72. The van der Waals surface area contributed by atoms with Crippen LogP contribution in [0.5, 0.6) is 5.75 Å². The van der Waals surface area contributed by atoms with Crippen LogP contribution in [-0.2, 0) is 16.8 Å². The molecule has 5 nitrogen and oxygen atoms in total. The number of carbonyl (C=O) groups is 1. The Morgan fingerprint density at radius 1 is 1.11 bits per heavy atom. The largest absolute Gasteiger partial charge is 0.484 e. The van der Waals surface area contributed by atoms with Crippen molar-refractivity contribution < 1.29 is 13.9 Å². The van der Waals surface area contributed by atoms with Crippen LogP contribution in [0.3, 0.4) is 0 Å². The molecule has 0 aliphatic carbocycles. The number of rotatable bonds is 6. The molecular formula is C22H24FN3O2. The summed E-state index contributed by atoms with van der Waals surface area (Å²) < 4.78 is 20.2. The minimum absolute atomic E-state index is 0.147. The SMILES string of the molecule is CC(C)(C)c1cc(NC(=O)COc2ccc(F)cc2)n(Cc2ccccc2)n1. The average Bonchev–Trinajstić information content (AvgIpc) is 3.05. The van der Waals surface area contributed by atoms with Gasteiger partial charge in [0.2, 0.25) is 0 Å². The van der Waals surface area contributed by atoms with Crippen LogP contribution in [0.2, 0.25) is 0 Å². The number of nitrogens with zero attached hydrogens (tertiary/aromatic N) is 2. The predicted octanol–water partition coefficient (Wildman–Crippen LogP) is 4.39. The van der Waals surface area contributed by atoms with E-state index in [1.165, 1.54) is 24.3 Å². The fraction of sp³-hybridized carbons (Fsp3) is 0.273. The first-order chi connectivity index (χ1) is 13.3. The van der Waals surface area contributed by atoms with Crippen LogP contribution < -0.4 is 10.1 Å². The molecule has 1 aromatic heterocycles. The van der Waals surface area contributed by atoms with Crippen LogP contribution in [0.25, 0.3) is 0 Å². The third-order valence-corrected chi connectivity index (χ3v) is 4.17. The average molecular weight is 381 g/mol. The number of halogens is 1. The molecule has 0 spiro atoms. The predicted molar refractivity (Wildman–Crippen MR) is 107 cm³/mol. The number of aromatic nitrogens is 2.